The largest absolute Gasteiger partial charge is 0.497 e. The number of halogens is 2. The summed E-state index contributed by atoms with van der Waals surface area (Å²) in [7, 11) is 1.59. The predicted octanol–water partition coefficient (Wildman–Crippen LogP) is 1.87. The van der Waals surface area contributed by atoms with Crippen molar-refractivity contribution in [2.45, 2.75) is 6.04 Å². The molecule has 0 bridgehead atoms. The molecule has 0 aliphatic rings. The topological polar surface area (TPSA) is 55.5 Å². The average Bonchev–Trinajstić information content (AvgIpc) is 2.17. The maximum absolute atomic E-state index is 8.89. The minimum atomic E-state index is -0.371. The van der Waals surface area contributed by atoms with Gasteiger partial charge in [0, 0.05) is 4.47 Å². The molecule has 0 amide bonds. The van der Waals surface area contributed by atoms with Crippen LogP contribution in [-0.4, -0.2) is 18.8 Å². The van der Waals surface area contributed by atoms with E-state index in [4.69, 9.17) is 15.6 Å². The van der Waals surface area contributed by atoms with Gasteiger partial charge in [-0.2, -0.15) is 0 Å². The maximum Gasteiger partial charge on any atom is 0.119 e. The van der Waals surface area contributed by atoms with E-state index in [1.54, 1.807) is 7.11 Å². The molecule has 0 heterocycles. The van der Waals surface area contributed by atoms with Crippen LogP contribution in [0.3, 0.4) is 0 Å². The fourth-order valence-corrected chi connectivity index (χ4v) is 1.57. The highest BCUT2D eigenvalue weighted by Gasteiger charge is 2.09. The molecule has 80 valence electrons. The number of hydrogen-bond acceptors (Lipinski definition) is 3. The summed E-state index contributed by atoms with van der Waals surface area (Å²) in [5.41, 5.74) is 6.53. The van der Waals surface area contributed by atoms with Crippen LogP contribution in [0.4, 0.5) is 0 Å². The molecule has 0 aliphatic heterocycles. The van der Waals surface area contributed by atoms with Crippen molar-refractivity contribution in [1.29, 1.82) is 0 Å². The van der Waals surface area contributed by atoms with Crippen LogP contribution >= 0.6 is 28.3 Å². The molecule has 0 aliphatic carbocycles. The standard InChI is InChI=1S/C9H12BrNO2.ClH/c1-13-6-2-3-8(10)7(4-6)9(11)5-12;/h2-4,9,12H,5,11H2,1H3;1H/t9-;/m1./s1. The minimum absolute atomic E-state index is 0. The number of methoxy groups -OCH3 is 1. The third kappa shape index (κ3) is 3.13. The van der Waals surface area contributed by atoms with Crippen LogP contribution < -0.4 is 10.5 Å². The molecule has 1 aromatic carbocycles. The first kappa shape index (κ1) is 13.7. The van der Waals surface area contributed by atoms with Crippen LogP contribution in [0, 0.1) is 0 Å². The number of ether oxygens (including phenoxy) is 1. The second-order valence-electron chi connectivity index (χ2n) is 2.68. The van der Waals surface area contributed by atoms with Gasteiger partial charge in [-0.1, -0.05) is 15.9 Å². The number of aliphatic hydroxyl groups is 1. The van der Waals surface area contributed by atoms with Crippen molar-refractivity contribution in [1.82, 2.24) is 0 Å². The van der Waals surface area contributed by atoms with Gasteiger partial charge >= 0.3 is 0 Å². The molecule has 0 spiro atoms. The van der Waals surface area contributed by atoms with Gasteiger partial charge in [-0.25, -0.2) is 0 Å². The van der Waals surface area contributed by atoms with E-state index >= 15 is 0 Å². The Hall–Kier alpha value is -0.290. The van der Waals surface area contributed by atoms with E-state index in [1.807, 2.05) is 18.2 Å². The van der Waals surface area contributed by atoms with Gasteiger partial charge in [0.25, 0.3) is 0 Å². The van der Waals surface area contributed by atoms with E-state index in [2.05, 4.69) is 15.9 Å². The normalized spacial score (nSPS) is 11.7. The number of benzene rings is 1. The lowest BCUT2D eigenvalue weighted by atomic mass is 10.1. The average molecular weight is 283 g/mol. The minimum Gasteiger partial charge on any atom is -0.497 e. The van der Waals surface area contributed by atoms with E-state index in [0.29, 0.717) is 0 Å². The molecule has 1 atom stereocenters. The Balaban J connectivity index is 0.00000169. The Morgan fingerprint density at radius 1 is 1.57 bits per heavy atom. The van der Waals surface area contributed by atoms with Crippen LogP contribution in [0.5, 0.6) is 5.75 Å². The fraction of sp³-hybridized carbons (Fsp3) is 0.333. The highest BCUT2D eigenvalue weighted by Crippen LogP contribution is 2.26. The van der Waals surface area contributed by atoms with Crippen LogP contribution in [0.1, 0.15) is 11.6 Å². The number of rotatable bonds is 3. The van der Waals surface area contributed by atoms with E-state index in [0.717, 1.165) is 15.8 Å². The highest BCUT2D eigenvalue weighted by atomic mass is 79.9. The molecular weight excluding hydrogens is 269 g/mol. The quantitative estimate of drug-likeness (QED) is 0.890. The van der Waals surface area contributed by atoms with Gasteiger partial charge in [0.15, 0.2) is 0 Å². The van der Waals surface area contributed by atoms with Gasteiger partial charge in [0.05, 0.1) is 19.8 Å². The first-order chi connectivity index (χ1) is 6.19. The Bertz CT molecular complexity index is 296. The Morgan fingerprint density at radius 2 is 2.21 bits per heavy atom. The third-order valence-electron chi connectivity index (χ3n) is 1.80. The zero-order chi connectivity index (χ0) is 9.84. The Labute approximate surface area is 97.8 Å². The van der Waals surface area contributed by atoms with Crippen molar-refractivity contribution >= 4 is 28.3 Å². The molecule has 1 rings (SSSR count). The summed E-state index contributed by atoms with van der Waals surface area (Å²) in [4.78, 5) is 0. The predicted molar refractivity (Wildman–Crippen MR) is 62.0 cm³/mol. The molecule has 0 saturated heterocycles. The molecule has 0 radical (unpaired) electrons. The summed E-state index contributed by atoms with van der Waals surface area (Å²) >= 11 is 3.35. The van der Waals surface area contributed by atoms with Crippen LogP contribution in [0.25, 0.3) is 0 Å². The van der Waals surface area contributed by atoms with Crippen molar-refractivity contribution in [3.63, 3.8) is 0 Å². The van der Waals surface area contributed by atoms with Gasteiger partial charge in [-0.3, -0.25) is 0 Å². The molecular formula is C9H13BrClNO2. The summed E-state index contributed by atoms with van der Waals surface area (Å²) in [5.74, 6) is 0.738. The summed E-state index contributed by atoms with van der Waals surface area (Å²) in [6.07, 6.45) is 0. The van der Waals surface area contributed by atoms with Crippen molar-refractivity contribution in [3.8, 4) is 5.75 Å². The molecule has 1 aromatic rings. The van der Waals surface area contributed by atoms with Gasteiger partial charge < -0.3 is 15.6 Å². The Morgan fingerprint density at radius 3 is 2.71 bits per heavy atom. The second-order valence-corrected chi connectivity index (χ2v) is 3.53. The molecule has 5 heteroatoms. The molecule has 0 unspecified atom stereocenters. The van der Waals surface area contributed by atoms with Crippen molar-refractivity contribution in [2.75, 3.05) is 13.7 Å². The Kier molecular flexibility index (Phi) is 6.11. The third-order valence-corrected chi connectivity index (χ3v) is 2.52. The summed E-state index contributed by atoms with van der Waals surface area (Å²) in [6.45, 7) is -0.0776. The van der Waals surface area contributed by atoms with Gasteiger partial charge in [0.2, 0.25) is 0 Å². The number of aliphatic hydroxyl groups excluding tert-OH is 1. The van der Waals surface area contributed by atoms with Crippen LogP contribution in [0.2, 0.25) is 0 Å². The molecule has 14 heavy (non-hydrogen) atoms. The number of hydrogen-bond donors (Lipinski definition) is 2. The molecule has 0 saturated carbocycles. The monoisotopic (exact) mass is 281 g/mol. The molecule has 0 aromatic heterocycles. The van der Waals surface area contributed by atoms with E-state index in [9.17, 15) is 0 Å². The van der Waals surface area contributed by atoms with E-state index in [-0.39, 0.29) is 25.1 Å². The fourth-order valence-electron chi connectivity index (χ4n) is 1.03. The first-order valence-electron chi connectivity index (χ1n) is 3.89. The van der Waals surface area contributed by atoms with Crippen LogP contribution in [0.15, 0.2) is 22.7 Å². The lowest BCUT2D eigenvalue weighted by Gasteiger charge is -2.12. The van der Waals surface area contributed by atoms with Gasteiger partial charge in [0.1, 0.15) is 5.75 Å². The van der Waals surface area contributed by atoms with E-state index in [1.165, 1.54) is 0 Å². The first-order valence-corrected chi connectivity index (χ1v) is 4.68. The SMILES string of the molecule is COc1ccc(Br)c([C@H](N)CO)c1.Cl. The van der Waals surface area contributed by atoms with Crippen molar-refractivity contribution in [2.24, 2.45) is 5.73 Å². The summed E-state index contributed by atoms with van der Waals surface area (Å²) < 4.78 is 5.93. The van der Waals surface area contributed by atoms with Gasteiger partial charge in [-0.05, 0) is 23.8 Å². The lowest BCUT2D eigenvalue weighted by molar-refractivity contribution is 0.267. The highest BCUT2D eigenvalue weighted by molar-refractivity contribution is 9.10. The lowest BCUT2D eigenvalue weighted by Crippen LogP contribution is -2.15. The molecule has 3 nitrogen and oxygen atoms in total. The van der Waals surface area contributed by atoms with E-state index < -0.39 is 0 Å². The molecule has 0 fully saturated rings. The zero-order valence-corrected chi connectivity index (χ0v) is 10.1. The summed E-state index contributed by atoms with van der Waals surface area (Å²) in [6, 6.07) is 5.12. The maximum atomic E-state index is 8.89. The number of nitrogens with two attached hydrogens (primary N) is 1. The van der Waals surface area contributed by atoms with Gasteiger partial charge in [-0.15, -0.1) is 12.4 Å². The van der Waals surface area contributed by atoms with Crippen molar-refractivity contribution < 1.29 is 9.84 Å². The molecule has 3 N–H and O–H groups in total. The second kappa shape index (κ2) is 6.24. The zero-order valence-electron chi connectivity index (χ0n) is 7.74. The van der Waals surface area contributed by atoms with Crippen molar-refractivity contribution in [3.05, 3.63) is 28.2 Å². The smallest absolute Gasteiger partial charge is 0.119 e. The van der Waals surface area contributed by atoms with Crippen LogP contribution in [-0.2, 0) is 0 Å². The summed E-state index contributed by atoms with van der Waals surface area (Å²) in [5, 5.41) is 8.89.